The molecule has 0 fully saturated rings. The fraction of sp³-hybridized carbons (Fsp3) is 0.143. The second-order valence-corrected chi connectivity index (χ2v) is 4.11. The van der Waals surface area contributed by atoms with E-state index in [0.29, 0.717) is 11.3 Å². The summed E-state index contributed by atoms with van der Waals surface area (Å²) < 4.78 is 31.3. The Labute approximate surface area is 109 Å². The Morgan fingerprint density at radius 1 is 0.889 bits per heavy atom. The highest BCUT2D eigenvalue weighted by atomic mass is 35.5. The van der Waals surface area contributed by atoms with Crippen molar-refractivity contribution in [3.8, 4) is 5.75 Å². The molecule has 2 aromatic rings. The van der Waals surface area contributed by atoms with Crippen molar-refractivity contribution in [3.05, 3.63) is 65.2 Å². The lowest BCUT2D eigenvalue weighted by Crippen LogP contribution is -1.96. The molecule has 0 aliphatic rings. The second-order valence-electron chi connectivity index (χ2n) is 3.84. The molecule has 0 saturated carbocycles. The number of hydrogen-bond acceptors (Lipinski definition) is 1. The first-order valence-corrected chi connectivity index (χ1v) is 5.93. The summed E-state index contributed by atoms with van der Waals surface area (Å²) in [6.07, 6.45) is 0. The number of ether oxygens (including phenoxy) is 1. The molecule has 0 aliphatic heterocycles. The van der Waals surface area contributed by atoms with Crippen LogP contribution in [0.1, 0.15) is 11.1 Å². The van der Waals surface area contributed by atoms with Crippen molar-refractivity contribution < 1.29 is 13.5 Å². The SMILES string of the molecule is Fc1ccc(COc2cc(F)cc(CCl)c2)cc1. The maximum absolute atomic E-state index is 13.2. The minimum absolute atomic E-state index is 0.227. The second kappa shape index (κ2) is 5.83. The van der Waals surface area contributed by atoms with Gasteiger partial charge in [-0.05, 0) is 35.4 Å². The molecule has 0 aliphatic carbocycles. The molecule has 18 heavy (non-hydrogen) atoms. The molecule has 2 rings (SSSR count). The lowest BCUT2D eigenvalue weighted by molar-refractivity contribution is 0.304. The molecule has 0 saturated heterocycles. The topological polar surface area (TPSA) is 9.23 Å². The molecular formula is C14H11ClF2O. The summed E-state index contributed by atoms with van der Waals surface area (Å²) in [4.78, 5) is 0. The Morgan fingerprint density at radius 2 is 1.61 bits per heavy atom. The van der Waals surface area contributed by atoms with E-state index in [4.69, 9.17) is 16.3 Å². The van der Waals surface area contributed by atoms with Crippen LogP contribution in [0.2, 0.25) is 0 Å². The Balaban J connectivity index is 2.05. The summed E-state index contributed by atoms with van der Waals surface area (Å²) in [5, 5.41) is 0. The largest absolute Gasteiger partial charge is 0.489 e. The number of rotatable bonds is 4. The van der Waals surface area contributed by atoms with Gasteiger partial charge in [0.15, 0.2) is 0 Å². The number of alkyl halides is 1. The van der Waals surface area contributed by atoms with Crippen molar-refractivity contribution >= 4 is 11.6 Å². The Morgan fingerprint density at radius 3 is 2.28 bits per heavy atom. The van der Waals surface area contributed by atoms with Gasteiger partial charge in [0, 0.05) is 11.9 Å². The molecule has 0 aromatic heterocycles. The molecule has 0 N–H and O–H groups in total. The van der Waals surface area contributed by atoms with E-state index in [2.05, 4.69) is 0 Å². The van der Waals surface area contributed by atoms with E-state index < -0.39 is 0 Å². The van der Waals surface area contributed by atoms with E-state index in [-0.39, 0.29) is 24.1 Å². The van der Waals surface area contributed by atoms with Crippen LogP contribution < -0.4 is 4.74 Å². The van der Waals surface area contributed by atoms with Crippen LogP contribution >= 0.6 is 11.6 Å². The number of halogens is 3. The predicted molar refractivity (Wildman–Crippen MR) is 66.7 cm³/mol. The van der Waals surface area contributed by atoms with Gasteiger partial charge in [-0.3, -0.25) is 0 Å². The number of hydrogen-bond donors (Lipinski definition) is 0. The summed E-state index contributed by atoms with van der Waals surface area (Å²) in [6.45, 7) is 0.255. The molecule has 2 aromatic carbocycles. The van der Waals surface area contributed by atoms with Gasteiger partial charge in [0.2, 0.25) is 0 Å². The van der Waals surface area contributed by atoms with Crippen LogP contribution in [0, 0.1) is 11.6 Å². The van der Waals surface area contributed by atoms with Gasteiger partial charge in [-0.2, -0.15) is 0 Å². The van der Waals surface area contributed by atoms with Crippen LogP contribution in [-0.4, -0.2) is 0 Å². The van der Waals surface area contributed by atoms with Crippen LogP contribution in [0.25, 0.3) is 0 Å². The minimum atomic E-state index is -0.387. The van der Waals surface area contributed by atoms with Crippen molar-refractivity contribution in [1.29, 1.82) is 0 Å². The van der Waals surface area contributed by atoms with Crippen molar-refractivity contribution in [2.24, 2.45) is 0 Å². The zero-order chi connectivity index (χ0) is 13.0. The van der Waals surface area contributed by atoms with Gasteiger partial charge in [-0.15, -0.1) is 11.6 Å². The summed E-state index contributed by atoms with van der Waals surface area (Å²) in [5.41, 5.74) is 1.47. The Hall–Kier alpha value is -1.61. The van der Waals surface area contributed by atoms with Crippen molar-refractivity contribution in [1.82, 2.24) is 0 Å². The predicted octanol–water partition coefficient (Wildman–Crippen LogP) is 4.28. The molecule has 0 atom stereocenters. The lowest BCUT2D eigenvalue weighted by atomic mass is 10.2. The van der Waals surface area contributed by atoms with Gasteiger partial charge in [0.25, 0.3) is 0 Å². The Kier molecular flexibility index (Phi) is 4.15. The van der Waals surface area contributed by atoms with E-state index in [1.807, 2.05) is 0 Å². The summed E-state index contributed by atoms with van der Waals surface area (Å²) in [5.74, 6) is -0.0452. The molecule has 0 heterocycles. The average Bonchev–Trinajstić information content (AvgIpc) is 2.37. The van der Waals surface area contributed by atoms with Gasteiger partial charge in [0.05, 0.1) is 0 Å². The van der Waals surface area contributed by atoms with E-state index >= 15 is 0 Å². The maximum Gasteiger partial charge on any atom is 0.127 e. The highest BCUT2D eigenvalue weighted by molar-refractivity contribution is 6.17. The molecular weight excluding hydrogens is 258 g/mol. The normalized spacial score (nSPS) is 10.4. The maximum atomic E-state index is 13.2. The first-order valence-electron chi connectivity index (χ1n) is 5.40. The van der Waals surface area contributed by atoms with Crippen LogP contribution in [0.3, 0.4) is 0 Å². The van der Waals surface area contributed by atoms with Crippen molar-refractivity contribution in [3.63, 3.8) is 0 Å². The minimum Gasteiger partial charge on any atom is -0.489 e. The molecule has 4 heteroatoms. The molecule has 0 radical (unpaired) electrons. The van der Waals surface area contributed by atoms with Gasteiger partial charge in [-0.25, -0.2) is 8.78 Å². The molecule has 0 unspecified atom stereocenters. The van der Waals surface area contributed by atoms with E-state index in [1.54, 1.807) is 18.2 Å². The van der Waals surface area contributed by atoms with Gasteiger partial charge < -0.3 is 4.74 Å². The zero-order valence-corrected chi connectivity index (χ0v) is 10.3. The van der Waals surface area contributed by atoms with E-state index in [0.717, 1.165) is 5.56 Å². The summed E-state index contributed by atoms with van der Waals surface area (Å²) in [6, 6.07) is 10.3. The lowest BCUT2D eigenvalue weighted by Gasteiger charge is -2.08. The van der Waals surface area contributed by atoms with Crippen LogP contribution in [0.4, 0.5) is 8.78 Å². The van der Waals surface area contributed by atoms with Crippen molar-refractivity contribution in [2.45, 2.75) is 12.5 Å². The van der Waals surface area contributed by atoms with Gasteiger partial charge >= 0.3 is 0 Å². The van der Waals surface area contributed by atoms with Crippen LogP contribution in [0.5, 0.6) is 5.75 Å². The summed E-state index contributed by atoms with van der Waals surface area (Å²) >= 11 is 5.64. The van der Waals surface area contributed by atoms with E-state index in [9.17, 15) is 8.78 Å². The molecule has 1 nitrogen and oxygen atoms in total. The highest BCUT2D eigenvalue weighted by Gasteiger charge is 2.02. The van der Waals surface area contributed by atoms with Crippen molar-refractivity contribution in [2.75, 3.05) is 0 Å². The standard InChI is InChI=1S/C14H11ClF2O/c15-8-11-5-13(17)7-14(6-11)18-9-10-1-3-12(16)4-2-10/h1-7H,8-9H2. The third kappa shape index (κ3) is 3.44. The summed E-state index contributed by atoms with van der Waals surface area (Å²) in [7, 11) is 0. The van der Waals surface area contributed by atoms with Gasteiger partial charge in [-0.1, -0.05) is 12.1 Å². The molecule has 94 valence electrons. The Bertz CT molecular complexity index is 526. The molecule has 0 spiro atoms. The quantitative estimate of drug-likeness (QED) is 0.752. The fourth-order valence-corrected chi connectivity index (χ4v) is 1.68. The van der Waals surface area contributed by atoms with Gasteiger partial charge in [0.1, 0.15) is 24.0 Å². The van der Waals surface area contributed by atoms with Crippen LogP contribution in [0.15, 0.2) is 42.5 Å². The first kappa shape index (κ1) is 12.8. The first-order chi connectivity index (χ1) is 8.67. The average molecular weight is 269 g/mol. The number of benzene rings is 2. The molecule has 0 bridgehead atoms. The monoisotopic (exact) mass is 268 g/mol. The zero-order valence-electron chi connectivity index (χ0n) is 9.50. The van der Waals surface area contributed by atoms with Crippen LogP contribution in [-0.2, 0) is 12.5 Å². The smallest absolute Gasteiger partial charge is 0.127 e. The van der Waals surface area contributed by atoms with E-state index in [1.165, 1.54) is 24.3 Å². The highest BCUT2D eigenvalue weighted by Crippen LogP contribution is 2.19. The molecule has 0 amide bonds. The fourth-order valence-electron chi connectivity index (χ4n) is 1.53. The third-order valence-electron chi connectivity index (χ3n) is 2.40. The third-order valence-corrected chi connectivity index (χ3v) is 2.71.